The van der Waals surface area contributed by atoms with Crippen molar-refractivity contribution in [2.24, 2.45) is 5.73 Å². The van der Waals surface area contributed by atoms with E-state index in [9.17, 15) is 4.79 Å². The van der Waals surface area contributed by atoms with E-state index in [0.29, 0.717) is 10.6 Å². The zero-order valence-corrected chi connectivity index (χ0v) is 12.9. The molecule has 2 rings (SSSR count). The number of hydrogen-bond donors (Lipinski definition) is 2. The normalized spacial score (nSPS) is 10.3. The lowest BCUT2D eigenvalue weighted by Crippen LogP contribution is -2.08. The average molecular weight is 317 g/mol. The molecular weight excluding hydrogens is 302 g/mol. The zero-order valence-electron chi connectivity index (χ0n) is 11.3. The highest BCUT2D eigenvalue weighted by molar-refractivity contribution is 7.97. The number of thioether (sulfide) groups is 1. The third-order valence-corrected chi connectivity index (χ3v) is 4.29. The zero-order chi connectivity index (χ0) is 15.2. The van der Waals surface area contributed by atoms with Crippen LogP contribution in [0, 0.1) is 0 Å². The van der Waals surface area contributed by atoms with E-state index in [1.165, 1.54) is 5.56 Å². The predicted octanol–water partition coefficient (Wildman–Crippen LogP) is 3.45. The van der Waals surface area contributed by atoms with Gasteiger partial charge in [-0.3, -0.25) is 0 Å². The Balaban J connectivity index is 1.86. The molecule has 0 atom stereocenters. The number of carboxylic acid groups (broad SMARTS) is 1. The third kappa shape index (κ3) is 4.58. The van der Waals surface area contributed by atoms with Gasteiger partial charge in [-0.05, 0) is 23.3 Å². The van der Waals surface area contributed by atoms with Gasteiger partial charge in [-0.25, -0.2) is 4.79 Å². The van der Waals surface area contributed by atoms with Gasteiger partial charge in [0.15, 0.2) is 0 Å². The van der Waals surface area contributed by atoms with Gasteiger partial charge in [0.1, 0.15) is 4.99 Å². The summed E-state index contributed by atoms with van der Waals surface area (Å²) in [5.41, 5.74) is 9.08. The first-order valence-electron chi connectivity index (χ1n) is 6.35. The second-order valence-corrected chi connectivity index (χ2v) is 5.98. The molecule has 3 nitrogen and oxygen atoms in total. The monoisotopic (exact) mass is 317 g/mol. The smallest absolute Gasteiger partial charge is 0.335 e. The van der Waals surface area contributed by atoms with Crippen molar-refractivity contribution in [1.29, 1.82) is 0 Å². The van der Waals surface area contributed by atoms with Crippen molar-refractivity contribution < 1.29 is 9.90 Å². The molecule has 21 heavy (non-hydrogen) atoms. The molecule has 0 aromatic heterocycles. The maximum absolute atomic E-state index is 10.8. The summed E-state index contributed by atoms with van der Waals surface area (Å²) in [7, 11) is 0. The molecule has 0 saturated carbocycles. The van der Waals surface area contributed by atoms with Crippen LogP contribution >= 0.6 is 24.0 Å². The number of benzene rings is 2. The van der Waals surface area contributed by atoms with Gasteiger partial charge in [-0.15, -0.1) is 0 Å². The predicted molar refractivity (Wildman–Crippen MR) is 90.7 cm³/mol. The van der Waals surface area contributed by atoms with Crippen molar-refractivity contribution in [1.82, 2.24) is 0 Å². The van der Waals surface area contributed by atoms with Crippen molar-refractivity contribution >= 4 is 34.9 Å². The quantitative estimate of drug-likeness (QED) is 0.799. The lowest BCUT2D eigenvalue weighted by Gasteiger charge is -2.04. The Labute approximate surface area is 133 Å². The molecule has 0 amide bonds. The van der Waals surface area contributed by atoms with Crippen molar-refractivity contribution in [2.75, 3.05) is 0 Å². The fraction of sp³-hybridized carbons (Fsp3) is 0.125. The Kier molecular flexibility index (Phi) is 5.36. The van der Waals surface area contributed by atoms with Gasteiger partial charge in [0, 0.05) is 17.1 Å². The number of nitrogens with two attached hydrogens (primary N) is 1. The van der Waals surface area contributed by atoms with Crippen LogP contribution in [0.25, 0.3) is 0 Å². The molecule has 0 radical (unpaired) electrons. The number of carbonyl (C=O) groups is 1. The average Bonchev–Trinajstić information content (AvgIpc) is 2.48. The van der Waals surface area contributed by atoms with E-state index in [0.717, 1.165) is 22.6 Å². The number of thiocarbonyl (C=S) groups is 1. The molecule has 0 fully saturated rings. The van der Waals surface area contributed by atoms with E-state index in [1.807, 2.05) is 36.4 Å². The molecule has 0 saturated heterocycles. The molecular formula is C16H15NO2S2. The highest BCUT2D eigenvalue weighted by Gasteiger charge is 2.02. The molecule has 0 heterocycles. The van der Waals surface area contributed by atoms with Crippen LogP contribution in [0.3, 0.4) is 0 Å². The van der Waals surface area contributed by atoms with Crippen LogP contribution in [0.1, 0.15) is 27.0 Å². The summed E-state index contributed by atoms with van der Waals surface area (Å²) in [4.78, 5) is 11.2. The molecule has 2 aromatic carbocycles. The van der Waals surface area contributed by atoms with Crippen molar-refractivity contribution in [3.05, 3.63) is 70.8 Å². The lowest BCUT2D eigenvalue weighted by atomic mass is 10.1. The van der Waals surface area contributed by atoms with Crippen LogP contribution in [-0.4, -0.2) is 16.1 Å². The first-order chi connectivity index (χ1) is 10.1. The number of rotatable bonds is 6. The molecule has 0 aliphatic heterocycles. The fourth-order valence-electron chi connectivity index (χ4n) is 1.80. The van der Waals surface area contributed by atoms with Gasteiger partial charge < -0.3 is 10.8 Å². The highest BCUT2D eigenvalue weighted by atomic mass is 32.2. The van der Waals surface area contributed by atoms with Crippen molar-refractivity contribution in [3.63, 3.8) is 0 Å². The molecule has 108 valence electrons. The first kappa shape index (κ1) is 15.5. The minimum atomic E-state index is -0.896. The lowest BCUT2D eigenvalue weighted by molar-refractivity contribution is 0.0697. The minimum Gasteiger partial charge on any atom is -0.478 e. The summed E-state index contributed by atoms with van der Waals surface area (Å²) >= 11 is 6.69. The molecule has 0 bridgehead atoms. The molecule has 0 unspecified atom stereocenters. The van der Waals surface area contributed by atoms with Crippen LogP contribution in [0.15, 0.2) is 48.5 Å². The maximum Gasteiger partial charge on any atom is 0.335 e. The molecule has 0 aliphatic rings. The van der Waals surface area contributed by atoms with Crippen LogP contribution in [-0.2, 0) is 11.5 Å². The summed E-state index contributed by atoms with van der Waals surface area (Å²) in [6.45, 7) is 0. The number of hydrogen-bond acceptors (Lipinski definition) is 3. The largest absolute Gasteiger partial charge is 0.478 e. The molecule has 3 N–H and O–H groups in total. The van der Waals surface area contributed by atoms with Gasteiger partial charge in [0.25, 0.3) is 0 Å². The van der Waals surface area contributed by atoms with E-state index >= 15 is 0 Å². The van der Waals surface area contributed by atoms with Crippen LogP contribution in [0.5, 0.6) is 0 Å². The van der Waals surface area contributed by atoms with Crippen LogP contribution < -0.4 is 5.73 Å². The minimum absolute atomic E-state index is 0.317. The van der Waals surface area contributed by atoms with E-state index < -0.39 is 5.97 Å². The standard InChI is InChI=1S/C16H15NO2S2/c17-15(20)13-5-1-11(2-6-13)9-21-10-12-3-7-14(8-4-12)16(18)19/h1-8H,9-10H2,(H2,17,20)(H,18,19). The van der Waals surface area contributed by atoms with E-state index in [2.05, 4.69) is 0 Å². The van der Waals surface area contributed by atoms with Crippen LogP contribution in [0.2, 0.25) is 0 Å². The Bertz CT molecular complexity index is 579. The summed E-state index contributed by atoms with van der Waals surface area (Å²) in [5, 5.41) is 8.84. The number of carboxylic acids is 1. The van der Waals surface area contributed by atoms with Crippen molar-refractivity contribution in [2.45, 2.75) is 11.5 Å². The summed E-state index contributed by atoms with van der Waals surface area (Å²) in [6, 6.07) is 14.9. The second-order valence-electron chi connectivity index (χ2n) is 4.56. The maximum atomic E-state index is 10.8. The van der Waals surface area contributed by atoms with Gasteiger partial charge >= 0.3 is 5.97 Å². The Morgan fingerprint density at radius 3 is 1.76 bits per heavy atom. The van der Waals surface area contributed by atoms with E-state index in [-0.39, 0.29) is 0 Å². The summed E-state index contributed by atoms with van der Waals surface area (Å²) < 4.78 is 0. The molecule has 0 aliphatic carbocycles. The topological polar surface area (TPSA) is 63.3 Å². The van der Waals surface area contributed by atoms with Crippen molar-refractivity contribution in [3.8, 4) is 0 Å². The molecule has 2 aromatic rings. The SMILES string of the molecule is NC(=S)c1ccc(CSCc2ccc(C(=O)O)cc2)cc1. The summed E-state index contributed by atoms with van der Waals surface area (Å²) in [6.07, 6.45) is 0. The molecule has 5 heteroatoms. The van der Waals surface area contributed by atoms with Gasteiger partial charge in [-0.2, -0.15) is 11.8 Å². The highest BCUT2D eigenvalue weighted by Crippen LogP contribution is 2.18. The Hall–Kier alpha value is -1.85. The third-order valence-electron chi connectivity index (χ3n) is 2.98. The van der Waals surface area contributed by atoms with E-state index in [4.69, 9.17) is 23.1 Å². The van der Waals surface area contributed by atoms with Gasteiger partial charge in [-0.1, -0.05) is 48.6 Å². The fourth-order valence-corrected chi connectivity index (χ4v) is 2.89. The van der Waals surface area contributed by atoms with Crippen LogP contribution in [0.4, 0.5) is 0 Å². The molecule has 0 spiro atoms. The van der Waals surface area contributed by atoms with Gasteiger partial charge in [0.05, 0.1) is 5.56 Å². The number of aromatic carboxylic acids is 1. The summed E-state index contributed by atoms with van der Waals surface area (Å²) in [5.74, 6) is 0.835. The first-order valence-corrected chi connectivity index (χ1v) is 7.91. The Morgan fingerprint density at radius 1 is 0.952 bits per heavy atom. The Morgan fingerprint density at radius 2 is 1.38 bits per heavy atom. The second kappa shape index (κ2) is 7.24. The van der Waals surface area contributed by atoms with Gasteiger partial charge in [0.2, 0.25) is 0 Å². The van der Waals surface area contributed by atoms with E-state index in [1.54, 1.807) is 23.9 Å².